The maximum atomic E-state index is 13.5. The minimum atomic E-state index is -4.43. The molecule has 2 nitrogen and oxygen atoms in total. The molecule has 0 spiro atoms. The Morgan fingerprint density at radius 2 is 1.73 bits per heavy atom. The van der Waals surface area contributed by atoms with Crippen LogP contribution in [0.25, 0.3) is 0 Å². The van der Waals surface area contributed by atoms with E-state index in [2.05, 4.69) is 0 Å². The fraction of sp³-hybridized carbons (Fsp3) is 0.647. The first-order valence-electron chi connectivity index (χ1n) is 7.68. The molecule has 0 aliphatic heterocycles. The number of hydrogen-bond donors (Lipinski definition) is 1. The van der Waals surface area contributed by atoms with Crippen LogP contribution in [0.1, 0.15) is 57.2 Å². The minimum Gasteiger partial charge on any atom is -0.493 e. The molecule has 2 N–H and O–H groups in total. The quantitative estimate of drug-likeness (QED) is 0.773. The number of ether oxygens (including phenoxy) is 1. The Kier molecular flexibility index (Phi) is 6.29. The van der Waals surface area contributed by atoms with Gasteiger partial charge in [0.05, 0.1) is 6.61 Å². The zero-order chi connectivity index (χ0) is 17.0. The third-order valence-electron chi connectivity index (χ3n) is 3.47. The maximum absolute atomic E-state index is 13.5. The second-order valence-corrected chi connectivity index (χ2v) is 6.44. The van der Waals surface area contributed by atoms with Crippen LogP contribution in [0.5, 0.6) is 5.75 Å². The lowest BCUT2D eigenvalue weighted by Crippen LogP contribution is -2.21. The lowest BCUT2D eigenvalue weighted by molar-refractivity contribution is -0.140. The molecule has 0 amide bonds. The Labute approximate surface area is 130 Å². The van der Waals surface area contributed by atoms with Gasteiger partial charge in [-0.3, -0.25) is 0 Å². The van der Waals surface area contributed by atoms with Gasteiger partial charge in [-0.15, -0.1) is 0 Å². The number of unbranched alkanes of at least 4 members (excludes halogenated alkanes) is 1. The highest BCUT2D eigenvalue weighted by molar-refractivity contribution is 5.48. The van der Waals surface area contributed by atoms with Crippen molar-refractivity contribution in [2.75, 3.05) is 13.2 Å². The average Bonchev–Trinajstić information content (AvgIpc) is 2.36. The predicted molar refractivity (Wildman–Crippen MR) is 83.3 cm³/mol. The second kappa shape index (κ2) is 7.36. The third kappa shape index (κ3) is 4.90. The lowest BCUT2D eigenvalue weighted by Gasteiger charge is -2.27. The first-order valence-corrected chi connectivity index (χ1v) is 7.68. The van der Waals surface area contributed by atoms with E-state index in [1.807, 2.05) is 0 Å². The standard InChI is InChI=1S/C17H26F3NO/c1-5-22-14-11-12(8-6-7-9-21)10-13(16(2,3)4)15(14)17(18,19)20/h10-11H,5-9,21H2,1-4H3. The maximum Gasteiger partial charge on any atom is 0.420 e. The third-order valence-corrected chi connectivity index (χ3v) is 3.47. The normalized spacial score (nSPS) is 12.5. The van der Waals surface area contributed by atoms with E-state index in [4.69, 9.17) is 10.5 Å². The Morgan fingerprint density at radius 3 is 2.18 bits per heavy atom. The van der Waals surface area contributed by atoms with Crippen LogP contribution in [0.4, 0.5) is 13.2 Å². The van der Waals surface area contributed by atoms with Gasteiger partial charge < -0.3 is 10.5 Å². The van der Waals surface area contributed by atoms with Crippen molar-refractivity contribution in [3.05, 3.63) is 28.8 Å². The minimum absolute atomic E-state index is 0.0647. The van der Waals surface area contributed by atoms with E-state index in [1.165, 1.54) is 6.07 Å². The highest BCUT2D eigenvalue weighted by Crippen LogP contribution is 2.43. The molecule has 1 aromatic rings. The Morgan fingerprint density at radius 1 is 1.09 bits per heavy atom. The van der Waals surface area contributed by atoms with Gasteiger partial charge in [0.1, 0.15) is 11.3 Å². The van der Waals surface area contributed by atoms with Gasteiger partial charge in [-0.2, -0.15) is 13.2 Å². The van der Waals surface area contributed by atoms with Crippen molar-refractivity contribution in [2.24, 2.45) is 5.73 Å². The number of hydrogen-bond acceptors (Lipinski definition) is 2. The van der Waals surface area contributed by atoms with Crippen LogP contribution in [0, 0.1) is 0 Å². The Hall–Kier alpha value is -1.23. The van der Waals surface area contributed by atoms with Crippen LogP contribution in [0.15, 0.2) is 12.1 Å². The van der Waals surface area contributed by atoms with Crippen molar-refractivity contribution in [1.82, 2.24) is 0 Å². The number of benzene rings is 1. The largest absolute Gasteiger partial charge is 0.493 e. The second-order valence-electron chi connectivity index (χ2n) is 6.44. The summed E-state index contributed by atoms with van der Waals surface area (Å²) in [5.74, 6) is -0.0647. The van der Waals surface area contributed by atoms with Crippen LogP contribution in [-0.2, 0) is 18.0 Å². The number of alkyl halides is 3. The fourth-order valence-electron chi connectivity index (χ4n) is 2.44. The van der Waals surface area contributed by atoms with Crippen molar-refractivity contribution < 1.29 is 17.9 Å². The van der Waals surface area contributed by atoms with Crippen LogP contribution in [-0.4, -0.2) is 13.2 Å². The van der Waals surface area contributed by atoms with Crippen molar-refractivity contribution in [2.45, 2.75) is 58.5 Å². The summed E-state index contributed by atoms with van der Waals surface area (Å²) in [6.07, 6.45) is -2.01. The summed E-state index contributed by atoms with van der Waals surface area (Å²) in [5, 5.41) is 0. The molecule has 0 heterocycles. The first-order chi connectivity index (χ1) is 10.1. The van der Waals surface area contributed by atoms with Gasteiger partial charge in [0.2, 0.25) is 0 Å². The molecule has 126 valence electrons. The molecule has 1 rings (SSSR count). The summed E-state index contributed by atoms with van der Waals surface area (Å²) in [5.41, 5.74) is 5.37. The lowest BCUT2D eigenvalue weighted by atomic mass is 9.81. The van der Waals surface area contributed by atoms with Gasteiger partial charge in [-0.05, 0) is 55.3 Å². The fourth-order valence-corrected chi connectivity index (χ4v) is 2.44. The van der Waals surface area contributed by atoms with Crippen molar-refractivity contribution >= 4 is 0 Å². The summed E-state index contributed by atoms with van der Waals surface area (Å²) in [6, 6.07) is 3.19. The molecule has 0 saturated heterocycles. The van der Waals surface area contributed by atoms with E-state index in [0.717, 1.165) is 18.4 Å². The van der Waals surface area contributed by atoms with E-state index in [0.29, 0.717) is 13.0 Å². The molecular formula is C17H26F3NO. The average molecular weight is 317 g/mol. The molecule has 0 unspecified atom stereocenters. The zero-order valence-corrected chi connectivity index (χ0v) is 13.8. The molecule has 0 fully saturated rings. The molecule has 0 aromatic heterocycles. The van der Waals surface area contributed by atoms with Crippen LogP contribution < -0.4 is 10.5 Å². The topological polar surface area (TPSA) is 35.2 Å². The molecule has 0 bridgehead atoms. The molecule has 22 heavy (non-hydrogen) atoms. The molecular weight excluding hydrogens is 291 g/mol. The summed E-state index contributed by atoms with van der Waals surface area (Å²) in [6.45, 7) is 7.85. The number of rotatable bonds is 6. The molecule has 0 atom stereocenters. The molecule has 0 saturated carbocycles. The van der Waals surface area contributed by atoms with Crippen molar-refractivity contribution in [1.29, 1.82) is 0 Å². The molecule has 5 heteroatoms. The number of halogens is 3. The van der Waals surface area contributed by atoms with E-state index in [1.54, 1.807) is 33.8 Å². The number of nitrogens with two attached hydrogens (primary N) is 1. The van der Waals surface area contributed by atoms with E-state index in [9.17, 15) is 13.2 Å². The summed E-state index contributed by atoms with van der Waals surface area (Å²) in [7, 11) is 0. The van der Waals surface area contributed by atoms with Gasteiger partial charge in [0, 0.05) is 0 Å². The predicted octanol–water partition coefficient (Wildman–Crippen LogP) is 4.68. The zero-order valence-electron chi connectivity index (χ0n) is 13.8. The van der Waals surface area contributed by atoms with E-state index in [-0.39, 0.29) is 17.9 Å². The summed E-state index contributed by atoms with van der Waals surface area (Å²) in [4.78, 5) is 0. The van der Waals surface area contributed by atoms with Crippen molar-refractivity contribution in [3.8, 4) is 5.75 Å². The Balaban J connectivity index is 3.40. The highest BCUT2D eigenvalue weighted by atomic mass is 19.4. The summed E-state index contributed by atoms with van der Waals surface area (Å²) < 4.78 is 45.8. The summed E-state index contributed by atoms with van der Waals surface area (Å²) >= 11 is 0. The highest BCUT2D eigenvalue weighted by Gasteiger charge is 2.40. The van der Waals surface area contributed by atoms with Gasteiger partial charge in [-0.25, -0.2) is 0 Å². The van der Waals surface area contributed by atoms with Gasteiger partial charge in [-0.1, -0.05) is 26.8 Å². The van der Waals surface area contributed by atoms with E-state index < -0.39 is 17.2 Å². The Bertz CT molecular complexity index is 490. The first kappa shape index (κ1) is 18.8. The van der Waals surface area contributed by atoms with Gasteiger partial charge in [0.15, 0.2) is 0 Å². The van der Waals surface area contributed by atoms with Gasteiger partial charge >= 0.3 is 6.18 Å². The number of aryl methyl sites for hydroxylation is 1. The molecule has 1 aromatic carbocycles. The smallest absolute Gasteiger partial charge is 0.420 e. The van der Waals surface area contributed by atoms with E-state index >= 15 is 0 Å². The van der Waals surface area contributed by atoms with Crippen LogP contribution in [0.2, 0.25) is 0 Å². The van der Waals surface area contributed by atoms with Gasteiger partial charge in [0.25, 0.3) is 0 Å². The molecule has 0 aliphatic rings. The van der Waals surface area contributed by atoms with Crippen LogP contribution in [0.3, 0.4) is 0 Å². The van der Waals surface area contributed by atoms with Crippen molar-refractivity contribution in [3.63, 3.8) is 0 Å². The molecule has 0 aliphatic carbocycles. The SMILES string of the molecule is CCOc1cc(CCCCN)cc(C(C)(C)C)c1C(F)(F)F. The molecule has 0 radical (unpaired) electrons. The monoisotopic (exact) mass is 317 g/mol. The van der Waals surface area contributed by atoms with Crippen LogP contribution >= 0.6 is 0 Å².